The lowest BCUT2D eigenvalue weighted by atomic mass is 9.94. The zero-order valence-electron chi connectivity index (χ0n) is 12.9. The smallest absolute Gasteiger partial charge is 0.0314 e. The average Bonchev–Trinajstić information content (AvgIpc) is 2.49. The summed E-state index contributed by atoms with van der Waals surface area (Å²) in [5, 5.41) is 0. The van der Waals surface area contributed by atoms with E-state index in [1.807, 2.05) is 24.3 Å². The van der Waals surface area contributed by atoms with Crippen LogP contribution in [-0.4, -0.2) is 0 Å². The van der Waals surface area contributed by atoms with E-state index in [4.69, 9.17) is 11.5 Å². The van der Waals surface area contributed by atoms with E-state index in [0.29, 0.717) is 5.92 Å². The highest BCUT2D eigenvalue weighted by Gasteiger charge is 2.04. The van der Waals surface area contributed by atoms with Gasteiger partial charge in [0.1, 0.15) is 0 Å². The molecule has 112 valence electrons. The van der Waals surface area contributed by atoms with Crippen LogP contribution in [0.5, 0.6) is 0 Å². The molecule has 2 rings (SSSR count). The van der Waals surface area contributed by atoms with E-state index >= 15 is 0 Å². The maximum absolute atomic E-state index is 5.72. The monoisotopic (exact) mass is 282 g/mol. The molecule has 0 aliphatic heterocycles. The maximum Gasteiger partial charge on any atom is 0.0314 e. The van der Waals surface area contributed by atoms with Gasteiger partial charge in [-0.2, -0.15) is 0 Å². The van der Waals surface area contributed by atoms with Crippen LogP contribution in [0.15, 0.2) is 48.5 Å². The van der Waals surface area contributed by atoms with Crippen LogP contribution in [0.1, 0.15) is 49.7 Å². The Morgan fingerprint density at radius 2 is 1.33 bits per heavy atom. The molecule has 0 radical (unpaired) electrons. The fraction of sp³-hybridized carbons (Fsp3) is 0.368. The number of hydrogen-bond acceptors (Lipinski definition) is 2. The Morgan fingerprint density at radius 1 is 0.762 bits per heavy atom. The Bertz CT molecular complexity index is 528. The van der Waals surface area contributed by atoms with Crippen LogP contribution in [-0.2, 0) is 6.42 Å². The lowest BCUT2D eigenvalue weighted by molar-refractivity contribution is 0.584. The average molecular weight is 282 g/mol. The molecular formula is C19H26N2. The van der Waals surface area contributed by atoms with Crippen LogP contribution in [0.25, 0.3) is 0 Å². The Kier molecular flexibility index (Phi) is 5.68. The minimum Gasteiger partial charge on any atom is -0.399 e. The summed E-state index contributed by atoms with van der Waals surface area (Å²) in [6.07, 6.45) is 6.20. The van der Waals surface area contributed by atoms with E-state index < -0.39 is 0 Å². The highest BCUT2D eigenvalue weighted by Crippen LogP contribution is 2.23. The second-order valence-electron chi connectivity index (χ2n) is 5.91. The van der Waals surface area contributed by atoms with Gasteiger partial charge >= 0.3 is 0 Å². The summed E-state index contributed by atoms with van der Waals surface area (Å²) in [6, 6.07) is 16.5. The summed E-state index contributed by atoms with van der Waals surface area (Å²) in [7, 11) is 0. The van der Waals surface area contributed by atoms with Gasteiger partial charge in [0.25, 0.3) is 0 Å². The van der Waals surface area contributed by atoms with Crippen molar-refractivity contribution in [3.63, 3.8) is 0 Å². The van der Waals surface area contributed by atoms with Crippen LogP contribution in [0, 0.1) is 0 Å². The Labute approximate surface area is 128 Å². The summed E-state index contributed by atoms with van der Waals surface area (Å²) >= 11 is 0. The van der Waals surface area contributed by atoms with Gasteiger partial charge in [0.2, 0.25) is 0 Å². The van der Waals surface area contributed by atoms with Gasteiger partial charge in [-0.3, -0.25) is 0 Å². The Balaban J connectivity index is 1.65. The first-order chi connectivity index (χ1) is 10.1. The molecular weight excluding hydrogens is 256 g/mol. The van der Waals surface area contributed by atoms with E-state index in [2.05, 4.69) is 31.2 Å². The van der Waals surface area contributed by atoms with Gasteiger partial charge in [-0.25, -0.2) is 0 Å². The van der Waals surface area contributed by atoms with Gasteiger partial charge in [0.05, 0.1) is 0 Å². The van der Waals surface area contributed by atoms with Crippen molar-refractivity contribution in [2.45, 2.75) is 44.9 Å². The molecule has 0 fully saturated rings. The van der Waals surface area contributed by atoms with Crippen molar-refractivity contribution in [3.05, 3.63) is 59.7 Å². The number of nitrogens with two attached hydrogens (primary N) is 2. The van der Waals surface area contributed by atoms with Gasteiger partial charge in [0, 0.05) is 11.4 Å². The molecule has 0 aliphatic rings. The van der Waals surface area contributed by atoms with Crippen LogP contribution in [0.4, 0.5) is 11.4 Å². The largest absolute Gasteiger partial charge is 0.399 e. The third-order valence-electron chi connectivity index (χ3n) is 4.09. The first-order valence-electron chi connectivity index (χ1n) is 7.85. The standard InChI is InChI=1S/C19H26N2/c1-15(17-9-13-19(21)14-10-17)5-3-2-4-6-16-7-11-18(20)12-8-16/h7-15H,2-6,20-21H2,1H3. The SMILES string of the molecule is CC(CCCCCc1ccc(N)cc1)c1ccc(N)cc1. The number of anilines is 2. The molecule has 0 spiro atoms. The molecule has 21 heavy (non-hydrogen) atoms. The van der Waals surface area contributed by atoms with Crippen LogP contribution < -0.4 is 11.5 Å². The summed E-state index contributed by atoms with van der Waals surface area (Å²) in [5.41, 5.74) is 15.9. The van der Waals surface area contributed by atoms with E-state index in [-0.39, 0.29) is 0 Å². The minimum absolute atomic E-state index is 0.613. The molecule has 2 aromatic rings. The third-order valence-corrected chi connectivity index (χ3v) is 4.09. The number of hydrogen-bond donors (Lipinski definition) is 2. The normalized spacial score (nSPS) is 12.2. The van der Waals surface area contributed by atoms with E-state index in [1.54, 1.807) is 0 Å². The predicted octanol–water partition coefficient (Wildman–Crippen LogP) is 4.76. The molecule has 2 heteroatoms. The lowest BCUT2D eigenvalue weighted by Crippen LogP contribution is -1.95. The number of unbranched alkanes of at least 4 members (excludes halogenated alkanes) is 2. The first-order valence-corrected chi connectivity index (χ1v) is 7.85. The van der Waals surface area contributed by atoms with Crippen molar-refractivity contribution in [2.24, 2.45) is 0 Å². The molecule has 1 atom stereocenters. The fourth-order valence-electron chi connectivity index (χ4n) is 2.63. The first kappa shape index (κ1) is 15.4. The highest BCUT2D eigenvalue weighted by molar-refractivity contribution is 5.40. The molecule has 1 unspecified atom stereocenters. The molecule has 0 bridgehead atoms. The number of rotatable bonds is 7. The maximum atomic E-state index is 5.72. The zero-order chi connectivity index (χ0) is 15.1. The second-order valence-corrected chi connectivity index (χ2v) is 5.91. The Morgan fingerprint density at radius 3 is 1.95 bits per heavy atom. The fourth-order valence-corrected chi connectivity index (χ4v) is 2.63. The van der Waals surface area contributed by atoms with Crippen LogP contribution in [0.3, 0.4) is 0 Å². The van der Waals surface area contributed by atoms with E-state index in [1.165, 1.54) is 36.8 Å². The predicted molar refractivity (Wildman–Crippen MR) is 92.3 cm³/mol. The number of nitrogen functional groups attached to an aromatic ring is 2. The minimum atomic E-state index is 0.613. The molecule has 2 aromatic carbocycles. The van der Waals surface area contributed by atoms with Gasteiger partial charge in [-0.15, -0.1) is 0 Å². The summed E-state index contributed by atoms with van der Waals surface area (Å²) in [6.45, 7) is 2.30. The molecule has 0 amide bonds. The van der Waals surface area contributed by atoms with Crippen molar-refractivity contribution >= 4 is 11.4 Å². The van der Waals surface area contributed by atoms with Gasteiger partial charge < -0.3 is 11.5 Å². The van der Waals surface area contributed by atoms with Crippen LogP contribution >= 0.6 is 0 Å². The Hall–Kier alpha value is -1.96. The molecule has 2 nitrogen and oxygen atoms in total. The highest BCUT2D eigenvalue weighted by atomic mass is 14.5. The van der Waals surface area contributed by atoms with Crippen molar-refractivity contribution in [3.8, 4) is 0 Å². The van der Waals surface area contributed by atoms with Gasteiger partial charge in [-0.1, -0.05) is 44.0 Å². The molecule has 0 saturated heterocycles. The molecule has 0 saturated carbocycles. The summed E-state index contributed by atoms with van der Waals surface area (Å²) in [4.78, 5) is 0. The third kappa shape index (κ3) is 5.14. The molecule has 0 aliphatic carbocycles. The van der Waals surface area contributed by atoms with Gasteiger partial charge in [-0.05, 0) is 60.6 Å². The molecule has 0 heterocycles. The molecule has 0 aromatic heterocycles. The van der Waals surface area contributed by atoms with Gasteiger partial charge in [0.15, 0.2) is 0 Å². The topological polar surface area (TPSA) is 52.0 Å². The lowest BCUT2D eigenvalue weighted by Gasteiger charge is -2.12. The number of aryl methyl sites for hydroxylation is 1. The van der Waals surface area contributed by atoms with E-state index in [0.717, 1.165) is 17.8 Å². The number of benzene rings is 2. The zero-order valence-corrected chi connectivity index (χ0v) is 12.9. The van der Waals surface area contributed by atoms with Crippen LogP contribution in [0.2, 0.25) is 0 Å². The van der Waals surface area contributed by atoms with Crippen molar-refractivity contribution in [1.29, 1.82) is 0 Å². The quantitative estimate of drug-likeness (QED) is 0.568. The summed E-state index contributed by atoms with van der Waals surface area (Å²) in [5.74, 6) is 0.613. The molecule has 4 N–H and O–H groups in total. The summed E-state index contributed by atoms with van der Waals surface area (Å²) < 4.78 is 0. The second kappa shape index (κ2) is 7.72. The van der Waals surface area contributed by atoms with Crippen molar-refractivity contribution in [2.75, 3.05) is 11.5 Å². The van der Waals surface area contributed by atoms with Crippen molar-refractivity contribution in [1.82, 2.24) is 0 Å². The van der Waals surface area contributed by atoms with E-state index in [9.17, 15) is 0 Å². The van der Waals surface area contributed by atoms with Crippen molar-refractivity contribution < 1.29 is 0 Å².